The van der Waals surface area contributed by atoms with Crippen LogP contribution in [-0.2, 0) is 11.3 Å². The summed E-state index contributed by atoms with van der Waals surface area (Å²) in [6.45, 7) is 3.77. The van der Waals surface area contributed by atoms with Crippen molar-refractivity contribution in [1.29, 1.82) is 0 Å². The fourth-order valence-corrected chi connectivity index (χ4v) is 2.81. The SMILES string of the molecule is CC(=O)Nc1ccc(CNC(=O)c2cn(C3CCNCC3)nn2)cc1. The highest BCUT2D eigenvalue weighted by molar-refractivity contribution is 5.91. The number of hydrogen-bond acceptors (Lipinski definition) is 5. The molecule has 1 saturated heterocycles. The van der Waals surface area contributed by atoms with Crippen LogP contribution in [0.3, 0.4) is 0 Å². The molecule has 8 heteroatoms. The predicted octanol–water partition coefficient (Wildman–Crippen LogP) is 1.09. The van der Waals surface area contributed by atoms with E-state index >= 15 is 0 Å². The van der Waals surface area contributed by atoms with Crippen molar-refractivity contribution in [3.8, 4) is 0 Å². The van der Waals surface area contributed by atoms with Gasteiger partial charge in [0.1, 0.15) is 0 Å². The van der Waals surface area contributed by atoms with Crippen molar-refractivity contribution in [1.82, 2.24) is 25.6 Å². The molecule has 1 aliphatic heterocycles. The molecule has 2 amide bonds. The fraction of sp³-hybridized carbons (Fsp3) is 0.412. The van der Waals surface area contributed by atoms with Crippen LogP contribution in [0.1, 0.15) is 41.9 Å². The van der Waals surface area contributed by atoms with Gasteiger partial charge in [0, 0.05) is 19.2 Å². The smallest absolute Gasteiger partial charge is 0.273 e. The Morgan fingerprint density at radius 2 is 1.96 bits per heavy atom. The molecule has 1 fully saturated rings. The van der Waals surface area contributed by atoms with Crippen molar-refractivity contribution < 1.29 is 9.59 Å². The normalized spacial score (nSPS) is 14.9. The maximum absolute atomic E-state index is 12.2. The molecule has 1 aromatic carbocycles. The van der Waals surface area contributed by atoms with E-state index in [1.54, 1.807) is 23.0 Å². The Labute approximate surface area is 146 Å². The van der Waals surface area contributed by atoms with E-state index in [2.05, 4.69) is 26.3 Å². The van der Waals surface area contributed by atoms with Gasteiger partial charge >= 0.3 is 0 Å². The predicted molar refractivity (Wildman–Crippen MR) is 93.1 cm³/mol. The Hall–Kier alpha value is -2.74. The lowest BCUT2D eigenvalue weighted by Crippen LogP contribution is -2.29. The minimum atomic E-state index is -0.244. The van der Waals surface area contributed by atoms with Crippen molar-refractivity contribution in [2.75, 3.05) is 18.4 Å². The van der Waals surface area contributed by atoms with Gasteiger partial charge in [-0.25, -0.2) is 4.68 Å². The monoisotopic (exact) mass is 342 g/mol. The number of rotatable bonds is 5. The first-order valence-electron chi connectivity index (χ1n) is 8.39. The van der Waals surface area contributed by atoms with Gasteiger partial charge in [-0.3, -0.25) is 9.59 Å². The summed E-state index contributed by atoms with van der Waals surface area (Å²) in [6.07, 6.45) is 3.70. The van der Waals surface area contributed by atoms with Gasteiger partial charge < -0.3 is 16.0 Å². The first-order valence-corrected chi connectivity index (χ1v) is 8.39. The minimum Gasteiger partial charge on any atom is -0.347 e. The number of aromatic nitrogens is 3. The zero-order chi connectivity index (χ0) is 17.6. The molecule has 1 aromatic heterocycles. The zero-order valence-corrected chi connectivity index (χ0v) is 14.2. The highest BCUT2D eigenvalue weighted by atomic mass is 16.2. The first kappa shape index (κ1) is 17.1. The van der Waals surface area contributed by atoms with Crippen molar-refractivity contribution in [2.24, 2.45) is 0 Å². The molecule has 1 aliphatic rings. The van der Waals surface area contributed by atoms with Gasteiger partial charge in [-0.1, -0.05) is 17.3 Å². The quantitative estimate of drug-likeness (QED) is 0.755. The van der Waals surface area contributed by atoms with Crippen LogP contribution in [0.15, 0.2) is 30.5 Å². The van der Waals surface area contributed by atoms with Gasteiger partial charge in [0.05, 0.1) is 12.2 Å². The van der Waals surface area contributed by atoms with Gasteiger partial charge in [0.2, 0.25) is 5.91 Å². The van der Waals surface area contributed by atoms with Crippen molar-refractivity contribution in [3.63, 3.8) is 0 Å². The molecule has 0 spiro atoms. The molecule has 2 aromatic rings. The third-order valence-corrected chi connectivity index (χ3v) is 4.15. The van der Waals surface area contributed by atoms with E-state index in [1.807, 2.05) is 12.1 Å². The van der Waals surface area contributed by atoms with E-state index in [0.717, 1.165) is 37.2 Å². The van der Waals surface area contributed by atoms with Crippen LogP contribution in [0.5, 0.6) is 0 Å². The molecule has 2 heterocycles. The molecule has 0 unspecified atom stereocenters. The van der Waals surface area contributed by atoms with E-state index in [-0.39, 0.29) is 11.8 Å². The molecule has 25 heavy (non-hydrogen) atoms. The van der Waals surface area contributed by atoms with Crippen molar-refractivity contribution in [3.05, 3.63) is 41.7 Å². The number of piperidine rings is 1. The Bertz CT molecular complexity index is 734. The van der Waals surface area contributed by atoms with Crippen molar-refractivity contribution in [2.45, 2.75) is 32.4 Å². The highest BCUT2D eigenvalue weighted by Crippen LogP contribution is 2.17. The van der Waals surface area contributed by atoms with Crippen molar-refractivity contribution >= 4 is 17.5 Å². The largest absolute Gasteiger partial charge is 0.347 e. The number of benzene rings is 1. The Morgan fingerprint density at radius 1 is 1.24 bits per heavy atom. The summed E-state index contributed by atoms with van der Waals surface area (Å²) in [7, 11) is 0. The number of nitrogens with one attached hydrogen (secondary N) is 3. The third-order valence-electron chi connectivity index (χ3n) is 4.15. The molecule has 0 atom stereocenters. The van der Waals surface area contributed by atoms with E-state index < -0.39 is 0 Å². The summed E-state index contributed by atoms with van der Waals surface area (Å²) in [4.78, 5) is 23.2. The standard InChI is InChI=1S/C17H22N6O2/c1-12(24)20-14-4-2-13(3-5-14)10-19-17(25)16-11-23(22-21-16)15-6-8-18-9-7-15/h2-5,11,15,18H,6-10H2,1H3,(H,19,25)(H,20,24). The van der Waals surface area contributed by atoms with Gasteiger partial charge in [-0.15, -0.1) is 5.10 Å². The minimum absolute atomic E-state index is 0.113. The summed E-state index contributed by atoms with van der Waals surface area (Å²) in [6, 6.07) is 7.62. The number of amides is 2. The Balaban J connectivity index is 1.53. The lowest BCUT2D eigenvalue weighted by molar-refractivity contribution is -0.114. The van der Waals surface area contributed by atoms with Gasteiger partial charge in [-0.05, 0) is 43.6 Å². The molecular formula is C17H22N6O2. The van der Waals surface area contributed by atoms with Crippen LogP contribution >= 0.6 is 0 Å². The number of carbonyl (C=O) groups excluding carboxylic acids is 2. The lowest BCUT2D eigenvalue weighted by Gasteiger charge is -2.22. The van der Waals surface area contributed by atoms with Gasteiger partial charge in [0.25, 0.3) is 5.91 Å². The zero-order valence-electron chi connectivity index (χ0n) is 14.2. The molecule has 132 valence electrons. The van der Waals surface area contributed by atoms with Crippen LogP contribution in [0, 0.1) is 0 Å². The number of nitrogens with zero attached hydrogens (tertiary/aromatic N) is 3. The second-order valence-corrected chi connectivity index (χ2v) is 6.13. The Kier molecular flexibility index (Phi) is 5.39. The molecular weight excluding hydrogens is 320 g/mol. The number of hydrogen-bond donors (Lipinski definition) is 3. The maximum atomic E-state index is 12.2. The number of anilines is 1. The van der Waals surface area contributed by atoms with Crippen LogP contribution in [0.4, 0.5) is 5.69 Å². The van der Waals surface area contributed by atoms with Crippen LogP contribution in [0.25, 0.3) is 0 Å². The van der Waals surface area contributed by atoms with Gasteiger partial charge in [-0.2, -0.15) is 0 Å². The molecule has 0 bridgehead atoms. The average molecular weight is 342 g/mol. The summed E-state index contributed by atoms with van der Waals surface area (Å²) in [5.74, 6) is -0.357. The van der Waals surface area contributed by atoms with E-state index in [4.69, 9.17) is 0 Å². The van der Waals surface area contributed by atoms with E-state index in [1.165, 1.54) is 6.92 Å². The molecule has 0 aliphatic carbocycles. The van der Waals surface area contributed by atoms with E-state index in [0.29, 0.717) is 18.3 Å². The molecule has 0 saturated carbocycles. The summed E-state index contributed by atoms with van der Waals surface area (Å²) in [5, 5.41) is 16.9. The third kappa shape index (κ3) is 4.63. The molecule has 3 rings (SSSR count). The van der Waals surface area contributed by atoms with Crippen LogP contribution < -0.4 is 16.0 Å². The van der Waals surface area contributed by atoms with E-state index in [9.17, 15) is 9.59 Å². The maximum Gasteiger partial charge on any atom is 0.273 e. The first-order chi connectivity index (χ1) is 12.1. The second kappa shape index (κ2) is 7.89. The number of carbonyl (C=O) groups is 2. The average Bonchev–Trinajstić information content (AvgIpc) is 3.11. The van der Waals surface area contributed by atoms with Gasteiger partial charge in [0.15, 0.2) is 5.69 Å². The highest BCUT2D eigenvalue weighted by Gasteiger charge is 2.18. The molecule has 8 nitrogen and oxygen atoms in total. The fourth-order valence-electron chi connectivity index (χ4n) is 2.81. The van der Waals surface area contributed by atoms with Crippen LogP contribution in [-0.4, -0.2) is 39.9 Å². The summed E-state index contributed by atoms with van der Waals surface area (Å²) < 4.78 is 1.79. The summed E-state index contributed by atoms with van der Waals surface area (Å²) >= 11 is 0. The second-order valence-electron chi connectivity index (χ2n) is 6.13. The lowest BCUT2D eigenvalue weighted by atomic mass is 10.1. The van der Waals surface area contributed by atoms with Crippen LogP contribution in [0.2, 0.25) is 0 Å². The summed E-state index contributed by atoms with van der Waals surface area (Å²) in [5.41, 5.74) is 1.99. The molecule has 3 N–H and O–H groups in total. The topological polar surface area (TPSA) is 101 Å². The molecule has 0 radical (unpaired) electrons. The Morgan fingerprint density at radius 3 is 2.64 bits per heavy atom.